The quantitative estimate of drug-likeness (QED) is 0.732. The van der Waals surface area contributed by atoms with E-state index in [2.05, 4.69) is 4.98 Å². The molecule has 0 spiro atoms. The first-order valence-electron chi connectivity index (χ1n) is 4.16. The highest BCUT2D eigenvalue weighted by molar-refractivity contribution is 7.13. The van der Waals surface area contributed by atoms with E-state index in [1.807, 2.05) is 0 Å². The number of amides is 1. The van der Waals surface area contributed by atoms with Gasteiger partial charge >= 0.3 is 0 Å². The third-order valence-electron chi connectivity index (χ3n) is 1.68. The molecule has 0 aromatic carbocycles. The lowest BCUT2D eigenvalue weighted by atomic mass is 10.4. The van der Waals surface area contributed by atoms with Crippen LogP contribution in [0.15, 0.2) is 6.20 Å². The van der Waals surface area contributed by atoms with Crippen LogP contribution in [0.4, 0.5) is 0 Å². The minimum absolute atomic E-state index is 0.187. The van der Waals surface area contributed by atoms with E-state index in [0.717, 1.165) is 5.01 Å². The molecule has 0 saturated carbocycles. The molecule has 0 fully saturated rings. The molecular formula is C8H13N3O2S. The molecule has 1 rings (SSSR count). The number of carbonyl (C=O) groups excluding carboxylic acids is 1. The van der Waals surface area contributed by atoms with Gasteiger partial charge in [0.15, 0.2) is 0 Å². The summed E-state index contributed by atoms with van der Waals surface area (Å²) in [6, 6.07) is 0. The normalized spacial score (nSPS) is 10.2. The maximum Gasteiger partial charge on any atom is 0.288 e. The van der Waals surface area contributed by atoms with E-state index >= 15 is 0 Å². The van der Waals surface area contributed by atoms with Crippen LogP contribution in [0.2, 0.25) is 0 Å². The maximum absolute atomic E-state index is 11.5. The standard InChI is InChI=1S/C8H13N3O2S/c1-11(13-2)8(12)6-5-10-7(14-6)3-4-9/h5H,3-4,9H2,1-2H3. The molecule has 0 atom stereocenters. The van der Waals surface area contributed by atoms with Gasteiger partial charge in [0.2, 0.25) is 0 Å². The monoisotopic (exact) mass is 215 g/mol. The number of hydrogen-bond donors (Lipinski definition) is 1. The number of rotatable bonds is 4. The van der Waals surface area contributed by atoms with E-state index in [1.54, 1.807) is 13.2 Å². The predicted octanol–water partition coefficient (Wildman–Crippen LogP) is 0.278. The van der Waals surface area contributed by atoms with Gasteiger partial charge in [-0.3, -0.25) is 9.63 Å². The molecule has 0 bridgehead atoms. The summed E-state index contributed by atoms with van der Waals surface area (Å²) in [5.41, 5.74) is 5.38. The Bertz CT molecular complexity index is 313. The van der Waals surface area contributed by atoms with Crippen molar-refractivity contribution in [3.8, 4) is 0 Å². The molecule has 0 radical (unpaired) electrons. The lowest BCUT2D eigenvalue weighted by Crippen LogP contribution is -2.24. The number of aromatic nitrogens is 1. The van der Waals surface area contributed by atoms with Crippen LogP contribution in [-0.4, -0.2) is 36.7 Å². The van der Waals surface area contributed by atoms with Gasteiger partial charge in [-0.15, -0.1) is 11.3 Å². The fraction of sp³-hybridized carbons (Fsp3) is 0.500. The van der Waals surface area contributed by atoms with Crippen LogP contribution >= 0.6 is 11.3 Å². The zero-order valence-corrected chi connectivity index (χ0v) is 9.00. The molecule has 0 saturated heterocycles. The van der Waals surface area contributed by atoms with Crippen molar-refractivity contribution in [2.24, 2.45) is 5.73 Å². The Balaban J connectivity index is 2.71. The Labute approximate surface area is 86.4 Å². The second kappa shape index (κ2) is 5.04. The highest BCUT2D eigenvalue weighted by Crippen LogP contribution is 2.14. The molecule has 0 unspecified atom stereocenters. The fourth-order valence-corrected chi connectivity index (χ4v) is 1.79. The molecule has 1 aromatic rings. The van der Waals surface area contributed by atoms with Crippen LogP contribution in [0.1, 0.15) is 14.7 Å². The van der Waals surface area contributed by atoms with Crippen LogP contribution in [0.5, 0.6) is 0 Å². The Morgan fingerprint density at radius 3 is 3.07 bits per heavy atom. The first-order chi connectivity index (χ1) is 6.69. The molecule has 1 amide bonds. The molecule has 14 heavy (non-hydrogen) atoms. The van der Waals surface area contributed by atoms with Crippen molar-refractivity contribution >= 4 is 17.2 Å². The van der Waals surface area contributed by atoms with Crippen LogP contribution in [0.25, 0.3) is 0 Å². The molecule has 0 aliphatic rings. The molecule has 6 heteroatoms. The minimum Gasteiger partial charge on any atom is -0.330 e. The van der Waals surface area contributed by atoms with Crippen LogP contribution in [0.3, 0.4) is 0 Å². The Morgan fingerprint density at radius 1 is 1.79 bits per heavy atom. The Hall–Kier alpha value is -0.980. The SMILES string of the molecule is CON(C)C(=O)c1cnc(CCN)s1. The van der Waals surface area contributed by atoms with Gasteiger partial charge in [-0.1, -0.05) is 0 Å². The van der Waals surface area contributed by atoms with Gasteiger partial charge in [0, 0.05) is 13.5 Å². The van der Waals surface area contributed by atoms with Crippen molar-refractivity contribution in [3.63, 3.8) is 0 Å². The van der Waals surface area contributed by atoms with Gasteiger partial charge in [-0.05, 0) is 6.54 Å². The van der Waals surface area contributed by atoms with Gasteiger partial charge < -0.3 is 5.73 Å². The first-order valence-corrected chi connectivity index (χ1v) is 4.97. The third kappa shape index (κ3) is 2.50. The molecule has 1 heterocycles. The van der Waals surface area contributed by atoms with Crippen LogP contribution in [0, 0.1) is 0 Å². The van der Waals surface area contributed by atoms with Gasteiger partial charge in [0.05, 0.1) is 18.3 Å². The largest absolute Gasteiger partial charge is 0.330 e. The minimum atomic E-state index is -0.187. The summed E-state index contributed by atoms with van der Waals surface area (Å²) in [6.45, 7) is 0.543. The van der Waals surface area contributed by atoms with Crippen molar-refractivity contribution in [1.29, 1.82) is 0 Å². The lowest BCUT2D eigenvalue weighted by molar-refractivity contribution is -0.0754. The molecule has 1 aromatic heterocycles. The zero-order valence-electron chi connectivity index (χ0n) is 8.19. The summed E-state index contributed by atoms with van der Waals surface area (Å²) in [5.74, 6) is -0.187. The summed E-state index contributed by atoms with van der Waals surface area (Å²) in [7, 11) is 3.00. The van der Waals surface area contributed by atoms with Gasteiger partial charge in [-0.25, -0.2) is 10.0 Å². The third-order valence-corrected chi connectivity index (χ3v) is 2.73. The topological polar surface area (TPSA) is 68.5 Å². The zero-order chi connectivity index (χ0) is 10.6. The molecule has 0 aliphatic heterocycles. The number of nitrogens with zero attached hydrogens (tertiary/aromatic N) is 2. The predicted molar refractivity (Wildman–Crippen MR) is 54.0 cm³/mol. The Morgan fingerprint density at radius 2 is 2.50 bits per heavy atom. The summed E-state index contributed by atoms with van der Waals surface area (Å²) < 4.78 is 0. The molecular weight excluding hydrogens is 202 g/mol. The van der Waals surface area contributed by atoms with Gasteiger partial charge in [0.1, 0.15) is 4.88 Å². The van der Waals surface area contributed by atoms with Crippen molar-refractivity contribution in [1.82, 2.24) is 10.0 Å². The van der Waals surface area contributed by atoms with Crippen LogP contribution in [-0.2, 0) is 11.3 Å². The van der Waals surface area contributed by atoms with Crippen molar-refractivity contribution in [3.05, 3.63) is 16.1 Å². The van der Waals surface area contributed by atoms with E-state index in [1.165, 1.54) is 23.5 Å². The summed E-state index contributed by atoms with van der Waals surface area (Å²) >= 11 is 1.35. The Kier molecular flexibility index (Phi) is 3.99. The first kappa shape index (κ1) is 11.1. The fourth-order valence-electron chi connectivity index (χ4n) is 0.886. The number of thiazole rings is 1. The van der Waals surface area contributed by atoms with E-state index < -0.39 is 0 Å². The molecule has 5 nitrogen and oxygen atoms in total. The summed E-state index contributed by atoms with van der Waals surface area (Å²) in [4.78, 5) is 21.0. The van der Waals surface area contributed by atoms with Crippen LogP contribution < -0.4 is 5.73 Å². The number of hydrogen-bond acceptors (Lipinski definition) is 5. The van der Waals surface area contributed by atoms with E-state index in [-0.39, 0.29) is 5.91 Å². The number of carbonyl (C=O) groups is 1. The smallest absolute Gasteiger partial charge is 0.288 e. The lowest BCUT2D eigenvalue weighted by Gasteiger charge is -2.11. The summed E-state index contributed by atoms with van der Waals surface area (Å²) in [6.07, 6.45) is 2.25. The van der Waals surface area contributed by atoms with Crippen molar-refractivity contribution in [2.75, 3.05) is 20.7 Å². The van der Waals surface area contributed by atoms with E-state index in [0.29, 0.717) is 17.8 Å². The van der Waals surface area contributed by atoms with E-state index in [9.17, 15) is 4.79 Å². The van der Waals surface area contributed by atoms with Gasteiger partial charge in [-0.2, -0.15) is 0 Å². The van der Waals surface area contributed by atoms with Crippen molar-refractivity contribution < 1.29 is 9.63 Å². The number of nitrogens with two attached hydrogens (primary N) is 1. The summed E-state index contributed by atoms with van der Waals surface area (Å²) in [5, 5.41) is 2.04. The maximum atomic E-state index is 11.5. The number of hydroxylamine groups is 2. The van der Waals surface area contributed by atoms with Gasteiger partial charge in [0.25, 0.3) is 5.91 Å². The average Bonchev–Trinajstić information content (AvgIpc) is 2.64. The highest BCUT2D eigenvalue weighted by Gasteiger charge is 2.14. The molecule has 78 valence electrons. The second-order valence-corrected chi connectivity index (χ2v) is 3.76. The van der Waals surface area contributed by atoms with Crippen molar-refractivity contribution in [2.45, 2.75) is 6.42 Å². The highest BCUT2D eigenvalue weighted by atomic mass is 32.1. The van der Waals surface area contributed by atoms with E-state index in [4.69, 9.17) is 10.6 Å². The second-order valence-electron chi connectivity index (χ2n) is 2.64. The average molecular weight is 215 g/mol. The molecule has 2 N–H and O–H groups in total. The molecule has 0 aliphatic carbocycles.